The maximum absolute atomic E-state index is 13.6. The topological polar surface area (TPSA) is 80.9 Å². The molecule has 1 N–H and O–H groups in total. The Morgan fingerprint density at radius 2 is 2.00 bits per heavy atom. The lowest BCUT2D eigenvalue weighted by Gasteiger charge is -2.11. The molecule has 0 aliphatic heterocycles. The van der Waals surface area contributed by atoms with Gasteiger partial charge in [-0.05, 0) is 31.2 Å². The molecule has 0 aliphatic rings. The zero-order valence-electron chi connectivity index (χ0n) is 13.2. The highest BCUT2D eigenvalue weighted by Gasteiger charge is 2.21. The number of nitrogens with zero attached hydrogens (tertiary/aromatic N) is 3. The van der Waals surface area contributed by atoms with Gasteiger partial charge in [-0.2, -0.15) is 0 Å². The third-order valence-corrected chi connectivity index (χ3v) is 4.19. The van der Waals surface area contributed by atoms with Gasteiger partial charge in [0.1, 0.15) is 0 Å². The summed E-state index contributed by atoms with van der Waals surface area (Å²) in [5, 5.41) is 9.24. The van der Waals surface area contributed by atoms with Gasteiger partial charge in [-0.25, -0.2) is 13.2 Å². The molecule has 3 aromatic rings. The van der Waals surface area contributed by atoms with E-state index in [0.29, 0.717) is 5.56 Å². The van der Waals surface area contributed by atoms with Crippen molar-refractivity contribution in [3.05, 3.63) is 54.1 Å². The van der Waals surface area contributed by atoms with E-state index in [1.807, 2.05) is 0 Å². The molecule has 0 saturated carbocycles. The van der Waals surface area contributed by atoms with Crippen LogP contribution in [-0.2, 0) is 4.79 Å². The molecule has 1 atom stereocenters. The largest absolute Gasteiger partial charge is 0.411 e. The molecule has 0 fully saturated rings. The number of halogens is 3. The van der Waals surface area contributed by atoms with Gasteiger partial charge < -0.3 is 9.73 Å². The molecule has 2 heterocycles. The van der Waals surface area contributed by atoms with Gasteiger partial charge in [0, 0.05) is 12.4 Å². The third kappa shape index (κ3) is 3.85. The van der Waals surface area contributed by atoms with Crippen LogP contribution in [-0.4, -0.2) is 26.3 Å². The number of hydrogen-bond donors (Lipinski definition) is 1. The Bertz CT molecular complexity index is 936. The molecule has 0 saturated heterocycles. The summed E-state index contributed by atoms with van der Waals surface area (Å²) in [6.45, 7) is 1.52. The number of thioether (sulfide) groups is 1. The van der Waals surface area contributed by atoms with Crippen molar-refractivity contribution in [1.29, 1.82) is 0 Å². The average Bonchev–Trinajstić information content (AvgIpc) is 3.11. The lowest BCUT2D eigenvalue weighted by Crippen LogP contribution is -2.23. The Morgan fingerprint density at radius 1 is 1.19 bits per heavy atom. The molecule has 0 radical (unpaired) electrons. The monoisotopic (exact) mass is 380 g/mol. The third-order valence-electron chi connectivity index (χ3n) is 3.25. The number of anilines is 1. The smallest absolute Gasteiger partial charge is 0.277 e. The van der Waals surface area contributed by atoms with Crippen LogP contribution in [0.1, 0.15) is 6.92 Å². The molecule has 1 aromatic carbocycles. The van der Waals surface area contributed by atoms with Gasteiger partial charge in [0.15, 0.2) is 17.5 Å². The first-order valence-electron chi connectivity index (χ1n) is 7.30. The van der Waals surface area contributed by atoms with Crippen molar-refractivity contribution >= 4 is 23.4 Å². The molecule has 0 aliphatic carbocycles. The van der Waals surface area contributed by atoms with Crippen molar-refractivity contribution in [2.75, 3.05) is 5.32 Å². The quantitative estimate of drug-likeness (QED) is 0.537. The van der Waals surface area contributed by atoms with Gasteiger partial charge in [-0.15, -0.1) is 10.2 Å². The van der Waals surface area contributed by atoms with Crippen molar-refractivity contribution in [2.24, 2.45) is 0 Å². The molecule has 0 spiro atoms. The summed E-state index contributed by atoms with van der Waals surface area (Å²) >= 11 is 0.937. The summed E-state index contributed by atoms with van der Waals surface area (Å²) in [6, 6.07) is 5.11. The molecule has 0 bridgehead atoms. The first-order valence-corrected chi connectivity index (χ1v) is 8.18. The number of carbonyl (C=O) groups is 1. The standard InChI is InChI=1S/C16H11F3N4O2S/c1-8(14(24)21-11-5-4-10(17)12(18)13(11)19)26-16-23-22-15(25-16)9-3-2-6-20-7-9/h2-8H,1H3,(H,21,24)/t8-/m1/s1. The summed E-state index contributed by atoms with van der Waals surface area (Å²) in [4.78, 5) is 16.1. The Labute approximate surface area is 149 Å². The van der Waals surface area contributed by atoms with Crippen molar-refractivity contribution < 1.29 is 22.4 Å². The lowest BCUT2D eigenvalue weighted by atomic mass is 10.2. The molecule has 2 aromatic heterocycles. The maximum Gasteiger partial charge on any atom is 0.277 e. The minimum absolute atomic E-state index is 0.122. The highest BCUT2D eigenvalue weighted by atomic mass is 32.2. The maximum atomic E-state index is 13.6. The second-order valence-corrected chi connectivity index (χ2v) is 6.38. The Morgan fingerprint density at radius 3 is 2.73 bits per heavy atom. The Kier molecular flexibility index (Phi) is 5.21. The van der Waals surface area contributed by atoms with E-state index in [4.69, 9.17) is 4.42 Å². The summed E-state index contributed by atoms with van der Waals surface area (Å²) in [7, 11) is 0. The van der Waals surface area contributed by atoms with E-state index in [0.717, 1.165) is 23.9 Å². The van der Waals surface area contributed by atoms with Crippen LogP contribution in [0.2, 0.25) is 0 Å². The molecule has 0 unspecified atom stereocenters. The van der Waals surface area contributed by atoms with Gasteiger partial charge >= 0.3 is 0 Å². The van der Waals surface area contributed by atoms with E-state index in [-0.39, 0.29) is 11.1 Å². The van der Waals surface area contributed by atoms with Crippen LogP contribution in [0.4, 0.5) is 18.9 Å². The van der Waals surface area contributed by atoms with Gasteiger partial charge in [-0.3, -0.25) is 9.78 Å². The summed E-state index contributed by atoms with van der Waals surface area (Å²) in [5.74, 6) is -4.86. The van der Waals surface area contributed by atoms with Gasteiger partial charge in [0.25, 0.3) is 5.22 Å². The number of rotatable bonds is 5. The van der Waals surface area contributed by atoms with Crippen molar-refractivity contribution in [2.45, 2.75) is 17.4 Å². The molecule has 134 valence electrons. The average molecular weight is 380 g/mol. The minimum atomic E-state index is -1.65. The molecule has 26 heavy (non-hydrogen) atoms. The van der Waals surface area contributed by atoms with Gasteiger partial charge in [0.2, 0.25) is 11.8 Å². The second kappa shape index (κ2) is 7.56. The lowest BCUT2D eigenvalue weighted by molar-refractivity contribution is -0.115. The van der Waals surface area contributed by atoms with E-state index < -0.39 is 34.3 Å². The highest BCUT2D eigenvalue weighted by Crippen LogP contribution is 2.27. The zero-order chi connectivity index (χ0) is 18.7. The number of nitrogens with one attached hydrogen (secondary N) is 1. The molecule has 1 amide bonds. The van der Waals surface area contributed by atoms with E-state index in [1.54, 1.807) is 24.5 Å². The predicted octanol–water partition coefficient (Wildman–Crippen LogP) is 3.67. The van der Waals surface area contributed by atoms with E-state index >= 15 is 0 Å². The number of aromatic nitrogens is 3. The van der Waals surface area contributed by atoms with Crippen molar-refractivity contribution in [3.63, 3.8) is 0 Å². The van der Waals surface area contributed by atoms with Gasteiger partial charge in [-0.1, -0.05) is 11.8 Å². The van der Waals surface area contributed by atoms with Crippen LogP contribution in [0.25, 0.3) is 11.5 Å². The van der Waals surface area contributed by atoms with Crippen LogP contribution in [0.15, 0.2) is 46.3 Å². The number of hydrogen-bond acceptors (Lipinski definition) is 6. The van der Waals surface area contributed by atoms with Crippen LogP contribution < -0.4 is 5.32 Å². The van der Waals surface area contributed by atoms with Gasteiger partial charge in [0.05, 0.1) is 16.5 Å². The minimum Gasteiger partial charge on any atom is -0.411 e. The second-order valence-electron chi connectivity index (χ2n) is 5.09. The Hall–Kier alpha value is -2.88. The van der Waals surface area contributed by atoms with Crippen LogP contribution >= 0.6 is 11.8 Å². The van der Waals surface area contributed by atoms with Crippen LogP contribution in [0.3, 0.4) is 0 Å². The SMILES string of the molecule is C[C@@H](Sc1nnc(-c2cccnc2)o1)C(=O)Nc1ccc(F)c(F)c1F. The molecule has 10 heteroatoms. The van der Waals surface area contributed by atoms with E-state index in [9.17, 15) is 18.0 Å². The molecular weight excluding hydrogens is 369 g/mol. The highest BCUT2D eigenvalue weighted by molar-refractivity contribution is 8.00. The first kappa shape index (κ1) is 17.9. The first-order chi connectivity index (χ1) is 12.5. The predicted molar refractivity (Wildman–Crippen MR) is 87.8 cm³/mol. The number of pyridine rings is 1. The zero-order valence-corrected chi connectivity index (χ0v) is 14.1. The van der Waals surface area contributed by atoms with E-state index in [1.165, 1.54) is 6.92 Å². The Balaban J connectivity index is 1.67. The molecule has 3 rings (SSSR count). The summed E-state index contributed by atoms with van der Waals surface area (Å²) in [5.41, 5.74) is 0.163. The summed E-state index contributed by atoms with van der Waals surface area (Å²) < 4.78 is 45.2. The fraction of sp³-hybridized carbons (Fsp3) is 0.125. The summed E-state index contributed by atoms with van der Waals surface area (Å²) in [6.07, 6.45) is 3.14. The number of amides is 1. The van der Waals surface area contributed by atoms with Crippen LogP contribution in [0, 0.1) is 17.5 Å². The number of benzene rings is 1. The van der Waals surface area contributed by atoms with Crippen molar-refractivity contribution in [1.82, 2.24) is 15.2 Å². The van der Waals surface area contributed by atoms with Crippen LogP contribution in [0.5, 0.6) is 0 Å². The fourth-order valence-electron chi connectivity index (χ4n) is 1.92. The number of carbonyl (C=O) groups excluding carboxylic acids is 1. The molecular formula is C16H11F3N4O2S. The normalized spacial score (nSPS) is 12.0. The molecule has 6 nitrogen and oxygen atoms in total. The fourth-order valence-corrected chi connectivity index (χ4v) is 2.61. The van der Waals surface area contributed by atoms with Crippen molar-refractivity contribution in [3.8, 4) is 11.5 Å². The van der Waals surface area contributed by atoms with E-state index in [2.05, 4.69) is 20.5 Å².